The minimum atomic E-state index is 0.128. The van der Waals surface area contributed by atoms with Crippen LogP contribution >= 0.6 is 23.5 Å². The standard InChI is InChI=1S/C15H17N2S2/c1-14-10(5-7-18-14)12-13(17(4)9-16(12)3)11-6-8-19-15(11,14)2/h5-9H,1-4H3/q+1/t14-,15-/m0/s1. The minimum Gasteiger partial charge on any atom is -0.232 e. The summed E-state index contributed by atoms with van der Waals surface area (Å²) in [7, 11) is 4.30. The molecule has 0 N–H and O–H groups in total. The second kappa shape index (κ2) is 3.41. The molecule has 1 aromatic heterocycles. The van der Waals surface area contributed by atoms with Crippen molar-refractivity contribution in [1.82, 2.24) is 4.57 Å². The van der Waals surface area contributed by atoms with Gasteiger partial charge in [0.05, 0.1) is 23.6 Å². The van der Waals surface area contributed by atoms with Crippen LogP contribution in [-0.4, -0.2) is 14.1 Å². The monoisotopic (exact) mass is 289 g/mol. The average molecular weight is 289 g/mol. The number of aromatic nitrogens is 2. The van der Waals surface area contributed by atoms with E-state index in [1.807, 2.05) is 23.5 Å². The largest absolute Gasteiger partial charge is 0.244 e. The van der Waals surface area contributed by atoms with E-state index in [1.165, 1.54) is 21.8 Å². The van der Waals surface area contributed by atoms with Gasteiger partial charge >= 0.3 is 0 Å². The van der Waals surface area contributed by atoms with Gasteiger partial charge < -0.3 is 0 Å². The van der Waals surface area contributed by atoms with E-state index in [4.69, 9.17) is 0 Å². The first-order valence-corrected chi connectivity index (χ1v) is 8.24. The minimum absolute atomic E-state index is 0.128. The van der Waals surface area contributed by atoms with Crippen LogP contribution < -0.4 is 15.3 Å². The van der Waals surface area contributed by atoms with Gasteiger partial charge in [-0.25, -0.2) is 9.13 Å². The summed E-state index contributed by atoms with van der Waals surface area (Å²) in [6.45, 7) is 4.78. The van der Waals surface area contributed by atoms with E-state index < -0.39 is 0 Å². The van der Waals surface area contributed by atoms with Crippen LogP contribution in [0.5, 0.6) is 0 Å². The third-order valence-electron chi connectivity index (χ3n) is 4.80. The quantitative estimate of drug-likeness (QED) is 0.664. The number of thioether (sulfide) groups is 2. The van der Waals surface area contributed by atoms with Crippen LogP contribution in [0.25, 0.3) is 11.1 Å². The lowest BCUT2D eigenvalue weighted by Gasteiger charge is -2.42. The molecule has 3 aliphatic rings. The molecule has 0 radical (unpaired) electrons. The van der Waals surface area contributed by atoms with E-state index >= 15 is 0 Å². The Hall–Kier alpha value is -0.870. The third kappa shape index (κ3) is 1.16. The van der Waals surface area contributed by atoms with Gasteiger partial charge in [-0.15, -0.1) is 23.5 Å². The topological polar surface area (TPSA) is 8.81 Å². The molecule has 1 aliphatic carbocycles. The lowest BCUT2D eigenvalue weighted by Crippen LogP contribution is -2.61. The first kappa shape index (κ1) is 11.9. The van der Waals surface area contributed by atoms with Crippen molar-refractivity contribution in [3.8, 4) is 0 Å². The molecule has 0 unspecified atom stereocenters. The predicted molar refractivity (Wildman–Crippen MR) is 82.9 cm³/mol. The Morgan fingerprint density at radius 2 is 1.63 bits per heavy atom. The molecular formula is C15H17N2S2+. The summed E-state index contributed by atoms with van der Waals surface area (Å²) in [6, 6.07) is 0. The Bertz CT molecular complexity index is 719. The van der Waals surface area contributed by atoms with Crippen molar-refractivity contribution in [2.45, 2.75) is 23.3 Å². The molecule has 0 amide bonds. The number of rotatable bonds is 0. The van der Waals surface area contributed by atoms with Crippen molar-refractivity contribution in [2.24, 2.45) is 14.1 Å². The van der Waals surface area contributed by atoms with E-state index in [0.29, 0.717) is 0 Å². The Kier molecular flexibility index (Phi) is 2.14. The molecule has 1 aromatic rings. The van der Waals surface area contributed by atoms with Gasteiger partial charge in [-0.05, 0) is 36.8 Å². The highest BCUT2D eigenvalue weighted by Crippen LogP contribution is 2.60. The zero-order valence-corrected chi connectivity index (χ0v) is 13.2. The maximum Gasteiger partial charge on any atom is 0.244 e. The van der Waals surface area contributed by atoms with E-state index in [-0.39, 0.29) is 9.49 Å². The zero-order chi connectivity index (χ0) is 13.4. The highest BCUT2D eigenvalue weighted by molar-refractivity contribution is 8.08. The van der Waals surface area contributed by atoms with Crippen molar-refractivity contribution in [2.75, 3.05) is 0 Å². The maximum absolute atomic E-state index is 2.39. The van der Waals surface area contributed by atoms with E-state index in [0.717, 1.165) is 0 Å². The summed E-state index contributed by atoms with van der Waals surface area (Å²) < 4.78 is 4.79. The summed E-state index contributed by atoms with van der Waals surface area (Å²) in [6.07, 6.45) is 6.80. The SMILES string of the molecule is Cn1c[n+](C)c2c1=C1C=CS[C@]1(C)[C@@]1(C)SC=CC=21. The van der Waals surface area contributed by atoms with E-state index in [9.17, 15) is 0 Å². The van der Waals surface area contributed by atoms with Crippen molar-refractivity contribution in [3.63, 3.8) is 0 Å². The van der Waals surface area contributed by atoms with Gasteiger partial charge in [0.15, 0.2) is 10.7 Å². The highest BCUT2D eigenvalue weighted by atomic mass is 32.2. The summed E-state index contributed by atoms with van der Waals surface area (Å²) in [5.74, 6) is 0. The smallest absolute Gasteiger partial charge is 0.232 e. The van der Waals surface area contributed by atoms with Gasteiger partial charge in [0.1, 0.15) is 0 Å². The number of imidazole rings is 1. The first-order valence-electron chi connectivity index (χ1n) is 6.48. The Balaban J connectivity index is 2.33. The second-order valence-corrected chi connectivity index (χ2v) is 8.42. The lowest BCUT2D eigenvalue weighted by atomic mass is 9.78. The number of allylic oxidation sites excluding steroid dienone is 2. The third-order valence-corrected chi connectivity index (χ3v) is 7.67. The van der Waals surface area contributed by atoms with Gasteiger partial charge in [0.25, 0.3) is 0 Å². The molecular weight excluding hydrogens is 272 g/mol. The van der Waals surface area contributed by atoms with Crippen molar-refractivity contribution < 1.29 is 4.57 Å². The summed E-state index contributed by atoms with van der Waals surface area (Å²) >= 11 is 3.93. The molecule has 98 valence electrons. The molecule has 0 bridgehead atoms. The first-order chi connectivity index (χ1) is 8.99. The molecule has 19 heavy (non-hydrogen) atoms. The van der Waals surface area contributed by atoms with Crippen molar-refractivity contribution in [1.29, 1.82) is 0 Å². The average Bonchev–Trinajstić information content (AvgIpc) is 2.97. The fourth-order valence-corrected chi connectivity index (χ4v) is 6.11. The maximum atomic E-state index is 2.39. The van der Waals surface area contributed by atoms with Crippen LogP contribution in [0.4, 0.5) is 0 Å². The number of fused-ring (bicyclic) bond motifs is 4. The normalized spacial score (nSPS) is 34.7. The van der Waals surface area contributed by atoms with Crippen molar-refractivity contribution >= 4 is 34.7 Å². The number of hydrogen-bond acceptors (Lipinski definition) is 2. The van der Waals surface area contributed by atoms with Crippen LogP contribution in [0, 0.1) is 0 Å². The van der Waals surface area contributed by atoms with Crippen LogP contribution in [-0.2, 0) is 14.1 Å². The van der Waals surface area contributed by atoms with Crippen LogP contribution in [0.1, 0.15) is 13.8 Å². The van der Waals surface area contributed by atoms with Crippen molar-refractivity contribution in [3.05, 3.63) is 40.0 Å². The molecule has 4 rings (SSSR count). The molecule has 0 aromatic carbocycles. The molecule has 4 heteroatoms. The lowest BCUT2D eigenvalue weighted by molar-refractivity contribution is -0.684. The Labute approximate surface area is 121 Å². The highest BCUT2D eigenvalue weighted by Gasteiger charge is 2.56. The summed E-state index contributed by atoms with van der Waals surface area (Å²) in [4.78, 5) is 0. The Morgan fingerprint density at radius 3 is 2.32 bits per heavy atom. The van der Waals surface area contributed by atoms with Gasteiger partial charge in [-0.3, -0.25) is 0 Å². The van der Waals surface area contributed by atoms with Gasteiger partial charge in [0, 0.05) is 11.1 Å². The van der Waals surface area contributed by atoms with Gasteiger partial charge in [-0.2, -0.15) is 0 Å². The fraction of sp³-hybridized carbons (Fsp3) is 0.400. The zero-order valence-electron chi connectivity index (χ0n) is 11.6. The molecule has 3 heterocycles. The number of hydrogen-bond donors (Lipinski definition) is 0. The van der Waals surface area contributed by atoms with Gasteiger partial charge in [-0.1, -0.05) is 0 Å². The molecule has 0 saturated heterocycles. The summed E-state index contributed by atoms with van der Waals surface area (Å²) in [5.41, 5.74) is 2.94. The van der Waals surface area contributed by atoms with Crippen LogP contribution in [0.15, 0.2) is 29.3 Å². The van der Waals surface area contributed by atoms with E-state index in [1.54, 1.807) is 0 Å². The Morgan fingerprint density at radius 1 is 1.05 bits per heavy atom. The summed E-state index contributed by atoms with van der Waals surface area (Å²) in [5, 5.41) is 7.29. The molecule has 0 spiro atoms. The molecule has 2 atom stereocenters. The van der Waals surface area contributed by atoms with E-state index in [2.05, 4.69) is 66.4 Å². The van der Waals surface area contributed by atoms with Crippen LogP contribution in [0.3, 0.4) is 0 Å². The number of nitrogens with zero attached hydrogens (tertiary/aromatic N) is 2. The molecule has 0 saturated carbocycles. The molecule has 0 fully saturated rings. The number of aryl methyl sites for hydroxylation is 2. The van der Waals surface area contributed by atoms with Gasteiger partial charge in [0.2, 0.25) is 6.33 Å². The predicted octanol–water partition coefficient (Wildman–Crippen LogP) is 1.20. The fourth-order valence-electron chi connectivity index (χ4n) is 3.61. The molecule has 2 aliphatic heterocycles. The molecule has 2 nitrogen and oxygen atoms in total. The van der Waals surface area contributed by atoms with Crippen LogP contribution in [0.2, 0.25) is 0 Å². The second-order valence-electron chi connectivity index (χ2n) is 5.77.